The van der Waals surface area contributed by atoms with E-state index in [0.29, 0.717) is 12.8 Å². The van der Waals surface area contributed by atoms with Gasteiger partial charge >= 0.3 is 0 Å². The topological polar surface area (TPSA) is 30.0 Å². The summed E-state index contributed by atoms with van der Waals surface area (Å²) in [4.78, 5) is 16.3. The van der Waals surface area contributed by atoms with Crippen molar-refractivity contribution >= 4 is 27.2 Å². The van der Waals surface area contributed by atoms with E-state index in [1.165, 1.54) is 10.1 Å². The lowest BCUT2D eigenvalue weighted by atomic mass is 10.0. The van der Waals surface area contributed by atoms with Gasteiger partial charge in [0.15, 0.2) is 0 Å². The van der Waals surface area contributed by atoms with Gasteiger partial charge in [-0.1, -0.05) is 24.3 Å². The van der Waals surface area contributed by atoms with Gasteiger partial charge in [0.2, 0.25) is 0 Å². The summed E-state index contributed by atoms with van der Waals surface area (Å²) >= 11 is 1.69. The van der Waals surface area contributed by atoms with Gasteiger partial charge in [-0.3, -0.25) is 9.78 Å². The summed E-state index contributed by atoms with van der Waals surface area (Å²) < 4.78 is 1.24. The molecule has 2 nitrogen and oxygen atoms in total. The number of benzene rings is 1. The van der Waals surface area contributed by atoms with E-state index < -0.39 is 0 Å². The third kappa shape index (κ3) is 2.71. The quantitative estimate of drug-likeness (QED) is 0.722. The lowest BCUT2D eigenvalue weighted by molar-refractivity contribution is -0.117. The van der Waals surface area contributed by atoms with E-state index in [-0.39, 0.29) is 5.78 Å². The molecule has 0 atom stereocenters. The fourth-order valence-corrected chi connectivity index (χ4v) is 3.11. The minimum Gasteiger partial charge on any atom is -0.299 e. The molecular weight excluding hydrogens is 254 g/mol. The summed E-state index contributed by atoms with van der Waals surface area (Å²) in [7, 11) is 0. The van der Waals surface area contributed by atoms with Crippen molar-refractivity contribution in [1.29, 1.82) is 0 Å². The summed E-state index contributed by atoms with van der Waals surface area (Å²) in [6.45, 7) is 0. The number of fused-ring (bicyclic) bond motifs is 1. The second-order valence-electron chi connectivity index (χ2n) is 4.47. The smallest absolute Gasteiger partial charge is 0.143 e. The first-order valence-electron chi connectivity index (χ1n) is 6.19. The van der Waals surface area contributed by atoms with Crippen LogP contribution >= 0.6 is 11.3 Å². The number of Topliss-reactive ketones (excluding diaryl/α,β-unsaturated/α-hetero) is 1. The number of hydrogen-bond donors (Lipinski definition) is 0. The molecule has 0 aliphatic rings. The number of pyridine rings is 1. The monoisotopic (exact) mass is 267 g/mol. The Morgan fingerprint density at radius 2 is 1.89 bits per heavy atom. The zero-order valence-electron chi connectivity index (χ0n) is 10.4. The molecule has 0 saturated heterocycles. The van der Waals surface area contributed by atoms with Crippen molar-refractivity contribution in [1.82, 2.24) is 4.98 Å². The highest BCUT2D eigenvalue weighted by Crippen LogP contribution is 2.26. The van der Waals surface area contributed by atoms with Gasteiger partial charge in [0.1, 0.15) is 5.78 Å². The molecule has 0 unspecified atom stereocenters. The third-order valence-corrected chi connectivity index (χ3v) is 4.07. The Hall–Kier alpha value is -2.00. The first-order valence-corrected chi connectivity index (χ1v) is 7.07. The molecule has 3 heteroatoms. The molecule has 0 fully saturated rings. The Morgan fingerprint density at radius 3 is 2.74 bits per heavy atom. The van der Waals surface area contributed by atoms with E-state index in [1.54, 1.807) is 17.5 Å². The SMILES string of the molecule is O=C(Cc1ccccn1)Cc1csc2ccccc12. The van der Waals surface area contributed by atoms with E-state index in [9.17, 15) is 4.79 Å². The molecule has 0 N–H and O–H groups in total. The summed E-state index contributed by atoms with van der Waals surface area (Å²) in [5.41, 5.74) is 1.97. The molecule has 2 heterocycles. The first-order chi connectivity index (χ1) is 9.33. The van der Waals surface area contributed by atoms with Crippen LogP contribution in [0.2, 0.25) is 0 Å². The number of carbonyl (C=O) groups is 1. The molecule has 3 rings (SSSR count). The fraction of sp³-hybridized carbons (Fsp3) is 0.125. The molecule has 3 aromatic rings. The average molecular weight is 267 g/mol. The minimum absolute atomic E-state index is 0.210. The van der Waals surface area contributed by atoms with Crippen LogP contribution in [0.1, 0.15) is 11.3 Å². The highest BCUT2D eigenvalue weighted by atomic mass is 32.1. The van der Waals surface area contributed by atoms with E-state index >= 15 is 0 Å². The van der Waals surface area contributed by atoms with Gasteiger partial charge < -0.3 is 0 Å². The van der Waals surface area contributed by atoms with Crippen LogP contribution in [-0.4, -0.2) is 10.8 Å². The lowest BCUT2D eigenvalue weighted by Gasteiger charge is -2.00. The van der Waals surface area contributed by atoms with Crippen LogP contribution in [-0.2, 0) is 17.6 Å². The van der Waals surface area contributed by atoms with Crippen LogP contribution in [0, 0.1) is 0 Å². The molecular formula is C16H13NOS. The fourth-order valence-electron chi connectivity index (χ4n) is 2.15. The molecule has 0 bridgehead atoms. The molecule has 0 aliphatic heterocycles. The normalized spacial score (nSPS) is 10.7. The Bertz CT molecular complexity index is 703. The van der Waals surface area contributed by atoms with Crippen molar-refractivity contribution in [3.63, 3.8) is 0 Å². The van der Waals surface area contributed by atoms with Gasteiger partial charge in [-0.05, 0) is 34.5 Å². The second-order valence-corrected chi connectivity index (χ2v) is 5.38. The van der Waals surface area contributed by atoms with Gasteiger partial charge in [0.05, 0.1) is 0 Å². The van der Waals surface area contributed by atoms with Gasteiger partial charge in [-0.15, -0.1) is 11.3 Å². The standard InChI is InChI=1S/C16H13NOS/c18-14(10-13-5-3-4-8-17-13)9-12-11-19-16-7-2-1-6-15(12)16/h1-8,11H,9-10H2. The molecule has 0 aliphatic carbocycles. The molecule has 0 saturated carbocycles. The van der Waals surface area contributed by atoms with Crippen molar-refractivity contribution in [2.75, 3.05) is 0 Å². The lowest BCUT2D eigenvalue weighted by Crippen LogP contribution is -2.07. The largest absolute Gasteiger partial charge is 0.299 e. The maximum absolute atomic E-state index is 12.1. The number of carbonyl (C=O) groups excluding carboxylic acids is 1. The minimum atomic E-state index is 0.210. The highest BCUT2D eigenvalue weighted by Gasteiger charge is 2.09. The van der Waals surface area contributed by atoms with Crippen molar-refractivity contribution in [3.05, 3.63) is 65.3 Å². The Balaban J connectivity index is 1.76. The molecule has 94 valence electrons. The Labute approximate surface area is 115 Å². The average Bonchev–Trinajstić information content (AvgIpc) is 2.83. The van der Waals surface area contributed by atoms with Gasteiger partial charge in [-0.2, -0.15) is 0 Å². The van der Waals surface area contributed by atoms with Crippen LogP contribution in [0.3, 0.4) is 0 Å². The van der Waals surface area contributed by atoms with Crippen molar-refractivity contribution < 1.29 is 4.79 Å². The first kappa shape index (κ1) is 12.1. The predicted molar refractivity (Wildman–Crippen MR) is 78.5 cm³/mol. The highest BCUT2D eigenvalue weighted by molar-refractivity contribution is 7.17. The maximum Gasteiger partial charge on any atom is 0.143 e. The number of aromatic nitrogens is 1. The number of hydrogen-bond acceptors (Lipinski definition) is 3. The summed E-state index contributed by atoms with van der Waals surface area (Å²) in [6.07, 6.45) is 2.62. The van der Waals surface area contributed by atoms with Crippen LogP contribution in [0.5, 0.6) is 0 Å². The zero-order valence-corrected chi connectivity index (χ0v) is 11.2. The Kier molecular flexibility index (Phi) is 3.38. The Morgan fingerprint density at radius 1 is 1.05 bits per heavy atom. The number of thiophene rings is 1. The second kappa shape index (κ2) is 5.33. The molecule has 19 heavy (non-hydrogen) atoms. The van der Waals surface area contributed by atoms with Gasteiger partial charge in [0, 0.05) is 29.4 Å². The van der Waals surface area contributed by atoms with Crippen molar-refractivity contribution in [2.24, 2.45) is 0 Å². The molecule has 0 radical (unpaired) electrons. The van der Waals surface area contributed by atoms with Crippen molar-refractivity contribution in [3.8, 4) is 0 Å². The van der Waals surface area contributed by atoms with Crippen molar-refractivity contribution in [2.45, 2.75) is 12.8 Å². The summed E-state index contributed by atoms with van der Waals surface area (Å²) in [5.74, 6) is 0.210. The van der Waals surface area contributed by atoms with Gasteiger partial charge in [-0.25, -0.2) is 0 Å². The molecule has 2 aromatic heterocycles. The van der Waals surface area contributed by atoms with Crippen LogP contribution in [0.4, 0.5) is 0 Å². The number of rotatable bonds is 4. The van der Waals surface area contributed by atoms with E-state index in [1.807, 2.05) is 30.3 Å². The van der Waals surface area contributed by atoms with Crippen LogP contribution < -0.4 is 0 Å². The van der Waals surface area contributed by atoms with E-state index in [0.717, 1.165) is 11.3 Å². The zero-order chi connectivity index (χ0) is 13.1. The van der Waals surface area contributed by atoms with Crippen LogP contribution in [0.15, 0.2) is 54.0 Å². The molecule has 1 aromatic carbocycles. The summed E-state index contributed by atoms with van der Waals surface area (Å²) in [5, 5.41) is 3.28. The number of ketones is 1. The number of nitrogens with zero attached hydrogens (tertiary/aromatic N) is 1. The van der Waals surface area contributed by atoms with E-state index in [2.05, 4.69) is 22.5 Å². The van der Waals surface area contributed by atoms with E-state index in [4.69, 9.17) is 0 Å². The maximum atomic E-state index is 12.1. The van der Waals surface area contributed by atoms with Gasteiger partial charge in [0.25, 0.3) is 0 Å². The molecule has 0 spiro atoms. The predicted octanol–water partition coefficient (Wildman–Crippen LogP) is 3.65. The summed E-state index contributed by atoms with van der Waals surface area (Å²) in [6, 6.07) is 13.9. The third-order valence-electron chi connectivity index (χ3n) is 3.05. The van der Waals surface area contributed by atoms with Crippen LogP contribution in [0.25, 0.3) is 10.1 Å². The molecule has 0 amide bonds.